The van der Waals surface area contributed by atoms with Crippen molar-refractivity contribution in [1.82, 2.24) is 14.9 Å². The molecular weight excluding hydrogens is 278 g/mol. The van der Waals surface area contributed by atoms with Crippen molar-refractivity contribution in [2.24, 2.45) is 0 Å². The fourth-order valence-electron chi connectivity index (χ4n) is 1.79. The number of aromatic amines is 1. The van der Waals surface area contributed by atoms with Crippen LogP contribution in [-0.2, 0) is 29.6 Å². The zero-order valence-electron chi connectivity index (χ0n) is 11.1. The van der Waals surface area contributed by atoms with E-state index in [0.717, 1.165) is 12.0 Å². The van der Waals surface area contributed by atoms with E-state index in [0.29, 0.717) is 0 Å². The Labute approximate surface area is 117 Å². The number of nitrogens with one attached hydrogen (secondary N) is 2. The molecule has 0 radical (unpaired) electrons. The first kappa shape index (κ1) is 14.7. The van der Waals surface area contributed by atoms with E-state index in [-0.39, 0.29) is 23.7 Å². The number of aliphatic hydroxyl groups excluding tert-OH is 1. The third-order valence-electron chi connectivity index (χ3n) is 3.01. The summed E-state index contributed by atoms with van der Waals surface area (Å²) in [6, 6.07) is 7.72. The van der Waals surface area contributed by atoms with Gasteiger partial charge in [0, 0.05) is 12.1 Å². The molecule has 0 spiro atoms. The number of rotatable bonds is 6. The average Bonchev–Trinajstić information content (AvgIpc) is 2.95. The van der Waals surface area contributed by atoms with Gasteiger partial charge in [-0.1, -0.05) is 31.2 Å². The second-order valence-electron chi connectivity index (χ2n) is 4.38. The van der Waals surface area contributed by atoms with Gasteiger partial charge in [0.1, 0.15) is 0 Å². The van der Waals surface area contributed by atoms with Crippen molar-refractivity contribution in [1.29, 1.82) is 0 Å². The number of sulfonamides is 1. The van der Waals surface area contributed by atoms with E-state index >= 15 is 0 Å². The molecule has 0 saturated heterocycles. The Bertz CT molecular complexity index is 662. The smallest absolute Gasteiger partial charge is 0.258 e. The lowest BCUT2D eigenvalue weighted by atomic mass is 10.1. The fraction of sp³-hybridized carbons (Fsp3) is 0.308. The maximum atomic E-state index is 12.1. The summed E-state index contributed by atoms with van der Waals surface area (Å²) in [7, 11) is -3.70. The highest BCUT2D eigenvalue weighted by Gasteiger charge is 2.19. The highest BCUT2D eigenvalue weighted by atomic mass is 32.2. The number of hydrogen-bond acceptors (Lipinski definition) is 4. The van der Waals surface area contributed by atoms with Gasteiger partial charge in [-0.3, -0.25) is 5.10 Å². The molecule has 0 fully saturated rings. The van der Waals surface area contributed by atoms with E-state index in [2.05, 4.69) is 21.8 Å². The van der Waals surface area contributed by atoms with Gasteiger partial charge in [-0.2, -0.15) is 5.10 Å². The van der Waals surface area contributed by atoms with E-state index in [9.17, 15) is 8.42 Å². The molecular formula is C13H17N3O3S. The van der Waals surface area contributed by atoms with Crippen molar-refractivity contribution in [2.45, 2.75) is 31.5 Å². The van der Waals surface area contributed by atoms with Gasteiger partial charge >= 0.3 is 0 Å². The number of aliphatic hydroxyl groups is 1. The minimum atomic E-state index is -3.70. The largest absolute Gasteiger partial charge is 0.392 e. The Morgan fingerprint density at radius 3 is 2.50 bits per heavy atom. The van der Waals surface area contributed by atoms with E-state index in [4.69, 9.17) is 5.11 Å². The summed E-state index contributed by atoms with van der Waals surface area (Å²) >= 11 is 0. The van der Waals surface area contributed by atoms with Crippen molar-refractivity contribution < 1.29 is 13.5 Å². The van der Waals surface area contributed by atoms with E-state index in [1.54, 1.807) is 0 Å². The van der Waals surface area contributed by atoms with Crippen molar-refractivity contribution in [3.8, 4) is 0 Å². The van der Waals surface area contributed by atoms with Gasteiger partial charge in [0.2, 0.25) is 0 Å². The van der Waals surface area contributed by atoms with Crippen LogP contribution < -0.4 is 4.72 Å². The van der Waals surface area contributed by atoms with Gasteiger partial charge in [0.05, 0.1) is 12.8 Å². The van der Waals surface area contributed by atoms with Gasteiger partial charge in [0.25, 0.3) is 10.0 Å². The Morgan fingerprint density at radius 2 is 1.90 bits per heavy atom. The van der Waals surface area contributed by atoms with Crippen LogP contribution in [0.5, 0.6) is 0 Å². The van der Waals surface area contributed by atoms with Crippen LogP contribution in [0.3, 0.4) is 0 Å². The Balaban J connectivity index is 2.09. The molecule has 0 aliphatic rings. The molecule has 1 aromatic heterocycles. The topological polar surface area (TPSA) is 95.1 Å². The molecule has 0 aliphatic carbocycles. The van der Waals surface area contributed by atoms with Crippen molar-refractivity contribution in [2.75, 3.05) is 0 Å². The lowest BCUT2D eigenvalue weighted by Gasteiger charge is -2.07. The fourth-order valence-corrected chi connectivity index (χ4v) is 2.92. The number of H-pyrrole nitrogens is 1. The van der Waals surface area contributed by atoms with Crippen LogP contribution in [0.4, 0.5) is 0 Å². The van der Waals surface area contributed by atoms with Crippen molar-refractivity contribution >= 4 is 10.0 Å². The number of aryl methyl sites for hydroxylation is 1. The number of aromatic nitrogens is 2. The summed E-state index contributed by atoms with van der Waals surface area (Å²) in [6.45, 7) is 1.88. The van der Waals surface area contributed by atoms with Gasteiger partial charge in [-0.15, -0.1) is 0 Å². The van der Waals surface area contributed by atoms with Crippen LogP contribution >= 0.6 is 0 Å². The maximum absolute atomic E-state index is 12.1. The number of hydrogen-bond donors (Lipinski definition) is 3. The minimum absolute atomic E-state index is 0.0924. The molecule has 0 bridgehead atoms. The van der Waals surface area contributed by atoms with Gasteiger partial charge in [-0.05, 0) is 17.5 Å². The lowest BCUT2D eigenvalue weighted by Crippen LogP contribution is -2.24. The van der Waals surface area contributed by atoms with Gasteiger partial charge in [-0.25, -0.2) is 13.1 Å². The standard InChI is InChI=1S/C13H17N3O3S/c1-2-10-3-5-11(6-4-10)7-15-20(18,19)13-12(9-17)8-14-16-13/h3-6,8,15,17H,2,7,9H2,1H3,(H,14,16). The van der Waals surface area contributed by atoms with Crippen LogP contribution in [-0.4, -0.2) is 23.7 Å². The summed E-state index contributed by atoms with van der Waals surface area (Å²) in [4.78, 5) is 0. The van der Waals surface area contributed by atoms with Gasteiger partial charge < -0.3 is 5.11 Å². The molecule has 3 N–H and O–H groups in total. The molecule has 0 saturated carbocycles. The predicted octanol–water partition coefficient (Wildman–Crippen LogP) is 0.943. The van der Waals surface area contributed by atoms with Crippen molar-refractivity contribution in [3.05, 3.63) is 47.2 Å². The summed E-state index contributed by atoms with van der Waals surface area (Å²) in [5.74, 6) is 0. The molecule has 6 nitrogen and oxygen atoms in total. The predicted molar refractivity (Wildman–Crippen MR) is 74.4 cm³/mol. The third kappa shape index (κ3) is 3.24. The quantitative estimate of drug-likeness (QED) is 0.739. The minimum Gasteiger partial charge on any atom is -0.392 e. The number of benzene rings is 1. The van der Waals surface area contributed by atoms with Crippen LogP contribution in [0.2, 0.25) is 0 Å². The molecule has 2 rings (SSSR count). The highest BCUT2D eigenvalue weighted by Crippen LogP contribution is 2.12. The number of nitrogens with zero attached hydrogens (tertiary/aromatic N) is 1. The van der Waals surface area contributed by atoms with Crippen LogP contribution in [0, 0.1) is 0 Å². The molecule has 7 heteroatoms. The molecule has 0 amide bonds. The first-order valence-corrected chi connectivity index (χ1v) is 7.75. The van der Waals surface area contributed by atoms with Crippen LogP contribution in [0.15, 0.2) is 35.5 Å². The Kier molecular flexibility index (Phi) is 4.53. The molecule has 108 valence electrons. The molecule has 0 atom stereocenters. The molecule has 0 aliphatic heterocycles. The van der Waals surface area contributed by atoms with Gasteiger partial charge in [0.15, 0.2) is 5.03 Å². The Hall–Kier alpha value is -1.70. The first-order valence-electron chi connectivity index (χ1n) is 6.27. The summed E-state index contributed by atoms with van der Waals surface area (Å²) in [5, 5.41) is 15.0. The zero-order valence-corrected chi connectivity index (χ0v) is 11.9. The van der Waals surface area contributed by atoms with E-state index < -0.39 is 10.0 Å². The molecule has 20 heavy (non-hydrogen) atoms. The highest BCUT2D eigenvalue weighted by molar-refractivity contribution is 7.89. The Morgan fingerprint density at radius 1 is 1.25 bits per heavy atom. The maximum Gasteiger partial charge on any atom is 0.258 e. The summed E-state index contributed by atoms with van der Waals surface area (Å²) in [5.41, 5.74) is 2.32. The second-order valence-corrected chi connectivity index (χ2v) is 6.08. The van der Waals surface area contributed by atoms with Crippen LogP contribution in [0.1, 0.15) is 23.6 Å². The summed E-state index contributed by atoms with van der Waals surface area (Å²) in [6.07, 6.45) is 2.24. The normalized spacial score (nSPS) is 11.7. The molecule has 0 unspecified atom stereocenters. The molecule has 1 aromatic carbocycles. The van der Waals surface area contributed by atoms with E-state index in [1.165, 1.54) is 11.8 Å². The lowest BCUT2D eigenvalue weighted by molar-refractivity contribution is 0.278. The monoisotopic (exact) mass is 295 g/mol. The zero-order chi connectivity index (χ0) is 14.6. The molecule has 1 heterocycles. The first-order chi connectivity index (χ1) is 9.56. The van der Waals surface area contributed by atoms with Crippen molar-refractivity contribution in [3.63, 3.8) is 0 Å². The second kappa shape index (κ2) is 6.17. The SMILES string of the molecule is CCc1ccc(CNS(=O)(=O)c2[nH]ncc2CO)cc1. The summed E-state index contributed by atoms with van der Waals surface area (Å²) < 4.78 is 26.6. The average molecular weight is 295 g/mol. The molecule has 2 aromatic rings. The third-order valence-corrected chi connectivity index (χ3v) is 4.43. The van der Waals surface area contributed by atoms with E-state index in [1.807, 2.05) is 24.3 Å². The van der Waals surface area contributed by atoms with Crippen LogP contribution in [0.25, 0.3) is 0 Å².